The zero-order valence-corrected chi connectivity index (χ0v) is 11.0. The van der Waals surface area contributed by atoms with E-state index in [0.29, 0.717) is 17.4 Å². The summed E-state index contributed by atoms with van der Waals surface area (Å²) >= 11 is -0.931. The zero-order chi connectivity index (χ0) is 11.1. The highest BCUT2D eigenvalue weighted by Crippen LogP contribution is 2.53. The van der Waals surface area contributed by atoms with Crippen LogP contribution in [0.5, 0.6) is 0 Å². The topological polar surface area (TPSA) is 35.1 Å². The molecule has 0 aliphatic heterocycles. The van der Waals surface area contributed by atoms with Crippen molar-refractivity contribution in [2.75, 3.05) is 0 Å². The van der Waals surface area contributed by atoms with Gasteiger partial charge in [-0.1, -0.05) is 13.8 Å². The van der Waals surface area contributed by atoms with Crippen molar-refractivity contribution < 1.29 is 4.55 Å². The SMILES string of the molecule is C[C@@H](N[S@@+]([O-])C(C)(C)C)[C@@H]1CC1(C)C. The number of nitrogens with one attached hydrogen (secondary N) is 1. The Morgan fingerprint density at radius 3 is 2.14 bits per heavy atom. The third-order valence-electron chi connectivity index (χ3n) is 3.04. The molecule has 3 atom stereocenters. The maximum absolute atomic E-state index is 11.8. The van der Waals surface area contributed by atoms with Crippen LogP contribution in [0.15, 0.2) is 0 Å². The molecule has 0 aromatic rings. The second kappa shape index (κ2) is 3.69. The normalized spacial score (nSPS) is 29.8. The molecule has 0 unspecified atom stereocenters. The molecule has 84 valence electrons. The summed E-state index contributed by atoms with van der Waals surface area (Å²) in [4.78, 5) is 0. The van der Waals surface area contributed by atoms with Gasteiger partial charge in [0, 0.05) is 11.4 Å². The van der Waals surface area contributed by atoms with Gasteiger partial charge in [0.05, 0.1) is 6.04 Å². The summed E-state index contributed by atoms with van der Waals surface area (Å²) in [5.41, 5.74) is 0.453. The Balaban J connectivity index is 2.39. The minimum atomic E-state index is -0.931. The van der Waals surface area contributed by atoms with Crippen LogP contribution in [-0.4, -0.2) is 15.3 Å². The van der Waals surface area contributed by atoms with E-state index in [2.05, 4.69) is 25.5 Å². The maximum atomic E-state index is 11.8. The smallest absolute Gasteiger partial charge is 0.136 e. The van der Waals surface area contributed by atoms with Crippen molar-refractivity contribution in [3.8, 4) is 0 Å². The third-order valence-corrected chi connectivity index (χ3v) is 4.74. The summed E-state index contributed by atoms with van der Waals surface area (Å²) in [5, 5.41) is 0. The summed E-state index contributed by atoms with van der Waals surface area (Å²) in [6.45, 7) is 12.7. The quantitative estimate of drug-likeness (QED) is 0.737. The highest BCUT2D eigenvalue weighted by Gasteiger charge is 2.50. The molecule has 0 spiro atoms. The average molecular weight is 217 g/mol. The molecule has 0 bridgehead atoms. The van der Waals surface area contributed by atoms with Crippen molar-refractivity contribution in [1.29, 1.82) is 0 Å². The largest absolute Gasteiger partial charge is 0.598 e. The van der Waals surface area contributed by atoms with Gasteiger partial charge in [-0.15, -0.1) is 4.72 Å². The van der Waals surface area contributed by atoms with Crippen LogP contribution in [0.25, 0.3) is 0 Å². The first-order valence-corrected chi connectivity index (χ1v) is 6.47. The number of hydrogen-bond donors (Lipinski definition) is 1. The van der Waals surface area contributed by atoms with Crippen molar-refractivity contribution in [2.45, 2.75) is 58.8 Å². The Kier molecular flexibility index (Phi) is 3.25. The van der Waals surface area contributed by atoms with Gasteiger partial charge in [0.2, 0.25) is 0 Å². The second-order valence-corrected chi connectivity index (χ2v) is 8.08. The van der Waals surface area contributed by atoms with Crippen LogP contribution in [0.4, 0.5) is 0 Å². The number of hydrogen-bond acceptors (Lipinski definition) is 2. The highest BCUT2D eigenvalue weighted by atomic mass is 32.2. The Labute approximate surface area is 91.2 Å². The fourth-order valence-electron chi connectivity index (χ4n) is 1.79. The van der Waals surface area contributed by atoms with Gasteiger partial charge in [-0.25, -0.2) is 0 Å². The van der Waals surface area contributed by atoms with Crippen LogP contribution < -0.4 is 4.72 Å². The van der Waals surface area contributed by atoms with Crippen LogP contribution in [-0.2, 0) is 11.4 Å². The Bertz CT molecular complexity index is 210. The van der Waals surface area contributed by atoms with Gasteiger partial charge in [0.25, 0.3) is 0 Å². The molecule has 1 fully saturated rings. The summed E-state index contributed by atoms with van der Waals surface area (Å²) < 4.78 is 14.9. The summed E-state index contributed by atoms with van der Waals surface area (Å²) in [6, 6.07) is 0.366. The Morgan fingerprint density at radius 2 is 1.86 bits per heavy atom. The lowest BCUT2D eigenvalue weighted by Crippen LogP contribution is -2.44. The minimum absolute atomic E-state index is 0.159. The van der Waals surface area contributed by atoms with Gasteiger partial charge in [-0.05, 0) is 45.4 Å². The predicted octanol–water partition coefficient (Wildman–Crippen LogP) is 2.47. The Hall–Kier alpha value is 0.270. The Morgan fingerprint density at radius 1 is 1.43 bits per heavy atom. The molecule has 1 N–H and O–H groups in total. The van der Waals surface area contributed by atoms with Gasteiger partial charge >= 0.3 is 0 Å². The number of rotatable bonds is 3. The lowest BCUT2D eigenvalue weighted by atomic mass is 10.1. The van der Waals surface area contributed by atoms with E-state index in [1.807, 2.05) is 20.8 Å². The summed E-state index contributed by atoms with van der Waals surface area (Å²) in [5.74, 6) is 0.689. The first kappa shape index (κ1) is 12.3. The molecular weight excluding hydrogens is 194 g/mol. The minimum Gasteiger partial charge on any atom is -0.598 e. The van der Waals surface area contributed by atoms with Gasteiger partial charge in [-0.2, -0.15) is 0 Å². The van der Waals surface area contributed by atoms with E-state index < -0.39 is 11.4 Å². The van der Waals surface area contributed by atoms with Crippen molar-refractivity contribution >= 4 is 11.4 Å². The third kappa shape index (κ3) is 2.88. The van der Waals surface area contributed by atoms with Crippen molar-refractivity contribution in [3.63, 3.8) is 0 Å². The standard InChI is InChI=1S/C11H23NOS/c1-8(9-7-11(9,5)6)12-14(13)10(2,3)4/h8-9,12H,7H2,1-6H3/t8-,9+,14+/m1/s1. The van der Waals surface area contributed by atoms with E-state index in [1.54, 1.807) is 0 Å². The predicted molar refractivity (Wildman–Crippen MR) is 62.4 cm³/mol. The fourth-order valence-corrected chi connectivity index (χ4v) is 2.64. The molecule has 0 heterocycles. The lowest BCUT2D eigenvalue weighted by molar-refractivity contribution is 0.459. The first-order chi connectivity index (χ1) is 6.14. The molecule has 1 aliphatic carbocycles. The van der Waals surface area contributed by atoms with Gasteiger partial charge in [0.15, 0.2) is 0 Å². The molecule has 2 nitrogen and oxygen atoms in total. The van der Waals surface area contributed by atoms with Gasteiger partial charge in [-0.3, -0.25) is 0 Å². The second-order valence-electron chi connectivity index (χ2n) is 6.09. The van der Waals surface area contributed by atoms with E-state index in [1.165, 1.54) is 6.42 Å². The molecule has 14 heavy (non-hydrogen) atoms. The van der Waals surface area contributed by atoms with Crippen LogP contribution >= 0.6 is 0 Å². The lowest BCUT2D eigenvalue weighted by Gasteiger charge is -2.27. The zero-order valence-electron chi connectivity index (χ0n) is 10.2. The molecule has 1 rings (SSSR count). The molecule has 1 saturated carbocycles. The van der Waals surface area contributed by atoms with E-state index >= 15 is 0 Å². The van der Waals surface area contributed by atoms with Crippen LogP contribution in [0.1, 0.15) is 48.0 Å². The highest BCUT2D eigenvalue weighted by molar-refractivity contribution is 7.90. The molecule has 0 aromatic carbocycles. The van der Waals surface area contributed by atoms with E-state index in [4.69, 9.17) is 0 Å². The van der Waals surface area contributed by atoms with Gasteiger partial charge < -0.3 is 4.55 Å². The van der Waals surface area contributed by atoms with E-state index in [9.17, 15) is 4.55 Å². The van der Waals surface area contributed by atoms with Gasteiger partial charge in [0.1, 0.15) is 4.75 Å². The van der Waals surface area contributed by atoms with E-state index in [0.717, 1.165) is 0 Å². The monoisotopic (exact) mass is 217 g/mol. The fraction of sp³-hybridized carbons (Fsp3) is 1.00. The average Bonchev–Trinajstić information content (AvgIpc) is 2.57. The van der Waals surface area contributed by atoms with E-state index in [-0.39, 0.29) is 4.75 Å². The first-order valence-electron chi connectivity index (χ1n) is 5.32. The molecule has 3 heteroatoms. The van der Waals surface area contributed by atoms with Crippen molar-refractivity contribution in [3.05, 3.63) is 0 Å². The molecule has 0 amide bonds. The van der Waals surface area contributed by atoms with Crippen LogP contribution in [0, 0.1) is 11.3 Å². The summed E-state index contributed by atoms with van der Waals surface area (Å²) in [6.07, 6.45) is 1.25. The molecule has 0 aromatic heterocycles. The summed E-state index contributed by atoms with van der Waals surface area (Å²) in [7, 11) is 0. The van der Waals surface area contributed by atoms with Crippen molar-refractivity contribution in [1.82, 2.24) is 4.72 Å². The van der Waals surface area contributed by atoms with Crippen LogP contribution in [0.3, 0.4) is 0 Å². The molecular formula is C11H23NOS. The molecule has 1 aliphatic rings. The molecule has 0 saturated heterocycles. The molecule has 0 radical (unpaired) electrons. The van der Waals surface area contributed by atoms with Crippen molar-refractivity contribution in [2.24, 2.45) is 11.3 Å². The maximum Gasteiger partial charge on any atom is 0.136 e. The van der Waals surface area contributed by atoms with Crippen LogP contribution in [0.2, 0.25) is 0 Å².